The first-order valence-electron chi connectivity index (χ1n) is 9.62. The molecule has 136 valence electrons. The van der Waals surface area contributed by atoms with Gasteiger partial charge in [0.25, 0.3) is 0 Å². The first kappa shape index (κ1) is 17.0. The molecule has 0 unspecified atom stereocenters. The largest absolute Gasteiger partial charge is 0.497 e. The van der Waals surface area contributed by atoms with Crippen molar-refractivity contribution in [3.8, 4) is 5.75 Å². The van der Waals surface area contributed by atoms with Crippen LogP contribution in [-0.4, -0.2) is 18.5 Å². The first-order chi connectivity index (χ1) is 12.8. The van der Waals surface area contributed by atoms with E-state index in [2.05, 4.69) is 47.0 Å². The van der Waals surface area contributed by atoms with E-state index in [4.69, 9.17) is 9.73 Å². The van der Waals surface area contributed by atoms with Crippen LogP contribution in [0.3, 0.4) is 0 Å². The Morgan fingerprint density at radius 3 is 2.65 bits per heavy atom. The molecule has 26 heavy (non-hydrogen) atoms. The van der Waals surface area contributed by atoms with E-state index in [1.54, 1.807) is 7.11 Å². The van der Waals surface area contributed by atoms with E-state index < -0.39 is 0 Å². The fraction of sp³-hybridized carbons (Fsp3) is 0.409. The Bertz CT molecular complexity index is 791. The molecule has 0 aromatic heterocycles. The SMILES string of the molecule is COc1cccc(CNC2=Nc3ccccc3NC23CCCCCC3)c1. The van der Waals surface area contributed by atoms with Crippen molar-refractivity contribution in [2.75, 3.05) is 12.4 Å². The van der Waals surface area contributed by atoms with Crippen LogP contribution in [0, 0.1) is 0 Å². The monoisotopic (exact) mass is 349 g/mol. The van der Waals surface area contributed by atoms with Crippen molar-refractivity contribution in [1.82, 2.24) is 5.32 Å². The third kappa shape index (κ3) is 3.41. The van der Waals surface area contributed by atoms with E-state index >= 15 is 0 Å². The lowest BCUT2D eigenvalue weighted by atomic mass is 9.86. The van der Waals surface area contributed by atoms with Crippen molar-refractivity contribution in [2.24, 2.45) is 4.99 Å². The van der Waals surface area contributed by atoms with Gasteiger partial charge in [-0.05, 0) is 42.7 Å². The Labute approximate surface area is 155 Å². The molecule has 4 nitrogen and oxygen atoms in total. The number of nitrogens with one attached hydrogen (secondary N) is 2. The van der Waals surface area contributed by atoms with Gasteiger partial charge in [0.2, 0.25) is 0 Å². The van der Waals surface area contributed by atoms with Gasteiger partial charge in [-0.25, -0.2) is 4.99 Å². The van der Waals surface area contributed by atoms with Crippen LogP contribution < -0.4 is 15.4 Å². The van der Waals surface area contributed by atoms with Gasteiger partial charge >= 0.3 is 0 Å². The summed E-state index contributed by atoms with van der Waals surface area (Å²) in [7, 11) is 1.71. The van der Waals surface area contributed by atoms with Gasteiger partial charge in [0, 0.05) is 6.54 Å². The Hall–Kier alpha value is -2.49. The predicted molar refractivity (Wildman–Crippen MR) is 107 cm³/mol. The minimum Gasteiger partial charge on any atom is -0.497 e. The van der Waals surface area contributed by atoms with Crippen molar-refractivity contribution >= 4 is 17.2 Å². The molecule has 2 aliphatic rings. The van der Waals surface area contributed by atoms with Crippen LogP contribution in [0.1, 0.15) is 44.1 Å². The molecule has 2 aromatic carbocycles. The Balaban J connectivity index is 1.62. The number of ether oxygens (including phenoxy) is 1. The Morgan fingerprint density at radius 2 is 1.85 bits per heavy atom. The van der Waals surface area contributed by atoms with E-state index in [1.807, 2.05) is 12.1 Å². The van der Waals surface area contributed by atoms with Crippen molar-refractivity contribution in [3.63, 3.8) is 0 Å². The molecule has 1 saturated carbocycles. The van der Waals surface area contributed by atoms with Crippen LogP contribution >= 0.6 is 0 Å². The molecular weight excluding hydrogens is 322 g/mol. The van der Waals surface area contributed by atoms with Gasteiger partial charge in [0.15, 0.2) is 0 Å². The number of nitrogens with zero attached hydrogens (tertiary/aromatic N) is 1. The summed E-state index contributed by atoms with van der Waals surface area (Å²) in [6, 6.07) is 16.6. The number of hydrogen-bond donors (Lipinski definition) is 2. The second-order valence-electron chi connectivity index (χ2n) is 7.30. The minimum absolute atomic E-state index is 0.0658. The maximum absolute atomic E-state index is 5.35. The molecule has 1 spiro atoms. The average molecular weight is 349 g/mol. The molecule has 0 saturated heterocycles. The summed E-state index contributed by atoms with van der Waals surface area (Å²) in [6.07, 6.45) is 7.38. The lowest BCUT2D eigenvalue weighted by Crippen LogP contribution is -2.53. The lowest BCUT2D eigenvalue weighted by molar-refractivity contribution is 0.414. The second kappa shape index (κ2) is 7.40. The fourth-order valence-electron chi connectivity index (χ4n) is 4.09. The van der Waals surface area contributed by atoms with Gasteiger partial charge in [0.05, 0.1) is 24.0 Å². The van der Waals surface area contributed by atoms with Crippen LogP contribution in [0.5, 0.6) is 5.75 Å². The highest BCUT2D eigenvalue weighted by molar-refractivity contribution is 6.00. The summed E-state index contributed by atoms with van der Waals surface area (Å²) < 4.78 is 5.35. The van der Waals surface area contributed by atoms with Crippen molar-refractivity contribution in [3.05, 3.63) is 54.1 Å². The number of para-hydroxylation sites is 2. The standard InChI is InChI=1S/C22H27N3O/c1-26-18-10-8-9-17(15-18)16-23-21-22(13-6-2-3-7-14-22)25-20-12-5-4-11-19(20)24-21/h4-5,8-12,15,25H,2-3,6-7,13-14,16H2,1H3,(H,23,24). The highest BCUT2D eigenvalue weighted by Gasteiger charge is 2.39. The van der Waals surface area contributed by atoms with Crippen LogP contribution in [0.25, 0.3) is 0 Å². The predicted octanol–water partition coefficient (Wildman–Crippen LogP) is 5.03. The van der Waals surface area contributed by atoms with Crippen molar-refractivity contribution in [1.29, 1.82) is 0 Å². The minimum atomic E-state index is -0.0658. The number of fused-ring (bicyclic) bond motifs is 1. The molecule has 2 aromatic rings. The summed E-state index contributed by atoms with van der Waals surface area (Å²) in [6.45, 7) is 0.752. The van der Waals surface area contributed by atoms with Crippen molar-refractivity contribution < 1.29 is 4.74 Å². The van der Waals surface area contributed by atoms with E-state index in [9.17, 15) is 0 Å². The van der Waals surface area contributed by atoms with Gasteiger partial charge in [0.1, 0.15) is 11.6 Å². The fourth-order valence-corrected chi connectivity index (χ4v) is 4.09. The number of methoxy groups -OCH3 is 1. The molecule has 0 bridgehead atoms. The molecule has 1 aliphatic carbocycles. The molecule has 1 aliphatic heterocycles. The van der Waals surface area contributed by atoms with Crippen LogP contribution in [0.4, 0.5) is 11.4 Å². The second-order valence-corrected chi connectivity index (χ2v) is 7.30. The number of amidine groups is 1. The summed E-state index contributed by atoms with van der Waals surface area (Å²) in [4.78, 5) is 5.03. The zero-order valence-corrected chi connectivity index (χ0v) is 15.4. The summed E-state index contributed by atoms with van der Waals surface area (Å²) >= 11 is 0. The molecule has 0 radical (unpaired) electrons. The quantitative estimate of drug-likeness (QED) is 0.816. The van der Waals surface area contributed by atoms with E-state index in [0.29, 0.717) is 0 Å². The van der Waals surface area contributed by atoms with Gasteiger partial charge < -0.3 is 15.4 Å². The normalized spacial score (nSPS) is 18.3. The molecule has 1 heterocycles. The van der Waals surface area contributed by atoms with Crippen LogP contribution in [0.2, 0.25) is 0 Å². The number of benzene rings is 2. The van der Waals surface area contributed by atoms with Gasteiger partial charge in [-0.15, -0.1) is 0 Å². The maximum Gasteiger partial charge on any atom is 0.128 e. The van der Waals surface area contributed by atoms with Gasteiger partial charge in [-0.1, -0.05) is 49.9 Å². The third-order valence-corrected chi connectivity index (χ3v) is 5.51. The molecule has 4 rings (SSSR count). The van der Waals surface area contributed by atoms with E-state index in [1.165, 1.54) is 31.2 Å². The molecule has 0 amide bonds. The van der Waals surface area contributed by atoms with Crippen LogP contribution in [-0.2, 0) is 6.54 Å². The Morgan fingerprint density at radius 1 is 1.04 bits per heavy atom. The zero-order valence-electron chi connectivity index (χ0n) is 15.4. The lowest BCUT2D eigenvalue weighted by Gasteiger charge is -2.39. The maximum atomic E-state index is 5.35. The van der Waals surface area contributed by atoms with Crippen molar-refractivity contribution in [2.45, 2.75) is 50.6 Å². The highest BCUT2D eigenvalue weighted by atomic mass is 16.5. The summed E-state index contributed by atoms with van der Waals surface area (Å²) in [5.41, 5.74) is 3.32. The topological polar surface area (TPSA) is 45.6 Å². The number of anilines is 1. The number of hydrogen-bond acceptors (Lipinski definition) is 4. The molecular formula is C22H27N3O. The average Bonchev–Trinajstić information content (AvgIpc) is 2.92. The molecule has 0 atom stereocenters. The third-order valence-electron chi connectivity index (χ3n) is 5.51. The molecule has 4 heteroatoms. The highest BCUT2D eigenvalue weighted by Crippen LogP contribution is 2.39. The summed E-state index contributed by atoms with van der Waals surface area (Å²) in [5.74, 6) is 1.98. The smallest absolute Gasteiger partial charge is 0.128 e. The van der Waals surface area contributed by atoms with Gasteiger partial charge in [-0.2, -0.15) is 0 Å². The van der Waals surface area contributed by atoms with E-state index in [0.717, 1.165) is 42.3 Å². The molecule has 1 fully saturated rings. The molecule has 2 N–H and O–H groups in total. The number of rotatable bonds is 3. The zero-order chi connectivity index (χ0) is 17.8. The summed E-state index contributed by atoms with van der Waals surface area (Å²) in [5, 5.41) is 7.49. The van der Waals surface area contributed by atoms with E-state index in [-0.39, 0.29) is 5.54 Å². The van der Waals surface area contributed by atoms with Gasteiger partial charge in [-0.3, -0.25) is 0 Å². The Kier molecular flexibility index (Phi) is 4.83. The van der Waals surface area contributed by atoms with Crippen LogP contribution in [0.15, 0.2) is 53.5 Å². The number of aliphatic imine (C=N–C) groups is 1. The first-order valence-corrected chi connectivity index (χ1v) is 9.62.